The van der Waals surface area contributed by atoms with Gasteiger partial charge in [0, 0.05) is 17.0 Å². The highest BCUT2D eigenvalue weighted by atomic mass is 31.2. The van der Waals surface area contributed by atoms with Gasteiger partial charge in [0.2, 0.25) is 0 Å². The van der Waals surface area contributed by atoms with Gasteiger partial charge in [-0.1, -0.05) is 150 Å². The molecule has 0 amide bonds. The minimum absolute atomic E-state index is 0.195. The highest BCUT2D eigenvalue weighted by Gasteiger charge is 2.33. The molecule has 2 N–H and O–H groups in total. The van der Waals surface area contributed by atoms with Gasteiger partial charge in [0.1, 0.15) is 11.5 Å². The monoisotopic (exact) mass is 674 g/mol. The fourth-order valence-corrected chi connectivity index (χ4v) is 8.17. The van der Waals surface area contributed by atoms with Crippen molar-refractivity contribution in [3.8, 4) is 11.5 Å². The Hall–Kier alpha value is -1.22. The molecule has 46 heavy (non-hydrogen) atoms. The minimum Gasteiger partial charge on any atom is -0.417 e. The highest BCUT2D eigenvalue weighted by molar-refractivity contribution is 7.55. The molecule has 5 nitrogen and oxygen atoms in total. The van der Waals surface area contributed by atoms with Crippen LogP contribution in [0.5, 0.6) is 11.5 Å². The zero-order valence-corrected chi connectivity index (χ0v) is 32.3. The number of unbranched alkanes of at least 4 members (excludes halogenated alkanes) is 13. The average molecular weight is 675 g/mol. The summed E-state index contributed by atoms with van der Waals surface area (Å²) in [5.41, 5.74) is 6.79. The van der Waals surface area contributed by atoms with Gasteiger partial charge in [-0.25, -0.2) is 4.31 Å². The lowest BCUT2D eigenvalue weighted by Crippen LogP contribution is -2.19. The third-order valence-electron chi connectivity index (χ3n) is 9.44. The lowest BCUT2D eigenvalue weighted by Gasteiger charge is -2.32. The zero-order valence-electron chi connectivity index (χ0n) is 30.5. The Balaban J connectivity index is 1.79. The van der Waals surface area contributed by atoms with E-state index in [4.69, 9.17) is 13.4 Å². The Kier molecular flexibility index (Phi) is 15.8. The molecule has 6 rings (SSSR count). The summed E-state index contributed by atoms with van der Waals surface area (Å²) < 4.78 is 18.2. The number of hydrogen-bond acceptors (Lipinski definition) is 5. The van der Waals surface area contributed by atoms with Crippen molar-refractivity contribution in [1.82, 2.24) is 0 Å². The Morgan fingerprint density at radius 3 is 1.35 bits per heavy atom. The number of aryl methyl sites for hydroxylation is 2. The maximum Gasteiger partial charge on any atom is 0.470 e. The molecule has 0 spiro atoms. The summed E-state index contributed by atoms with van der Waals surface area (Å²) >= 11 is 0. The van der Waals surface area contributed by atoms with E-state index in [-0.39, 0.29) is 16.7 Å². The number of hydrogen-bond donors (Lipinski definition) is 2. The lowest BCUT2D eigenvalue weighted by molar-refractivity contribution is 0.328. The van der Waals surface area contributed by atoms with Gasteiger partial charge in [0.25, 0.3) is 0 Å². The topological polar surface area (TPSA) is 68.2 Å². The van der Waals surface area contributed by atoms with E-state index in [0.717, 1.165) is 17.5 Å². The van der Waals surface area contributed by atoms with Gasteiger partial charge in [-0.05, 0) is 65.5 Å². The van der Waals surface area contributed by atoms with E-state index in [0.29, 0.717) is 11.5 Å². The first kappa shape index (κ1) is 39.2. The predicted octanol–water partition coefficient (Wildman–Crippen LogP) is 13.1. The standard InChI is InChI=1S/C39H64O5P2/c1-10-11-12-13-14-15-16-17-18-19-20-21-22-23-24-31-32-27-34(38(4,5)6)36(25-29(32)2)42-46(44-45(40)41)43-37-26-30(3)33(31)28-35(37)39(7,8)9/h25-28,31,40-41H,10-24H2,1-9H3. The van der Waals surface area contributed by atoms with E-state index in [9.17, 15) is 9.79 Å². The molecule has 4 aliphatic heterocycles. The minimum atomic E-state index is -2.67. The normalized spacial score (nSPS) is 16.8. The molecule has 2 aromatic carbocycles. The van der Waals surface area contributed by atoms with Crippen LogP contribution in [0.1, 0.15) is 184 Å². The van der Waals surface area contributed by atoms with E-state index < -0.39 is 17.2 Å². The quantitative estimate of drug-likeness (QED) is 0.129. The van der Waals surface area contributed by atoms with Crippen LogP contribution in [-0.2, 0) is 15.1 Å². The van der Waals surface area contributed by atoms with Crippen LogP contribution in [0.15, 0.2) is 24.3 Å². The summed E-state index contributed by atoms with van der Waals surface area (Å²) in [6.07, 6.45) is 20.2. The Labute approximate surface area is 284 Å². The maximum absolute atomic E-state index is 9.81. The third-order valence-corrected chi connectivity index (χ3v) is 11.2. The molecule has 4 aliphatic rings. The SMILES string of the molecule is CCCCCCCCCCCCCCCCC1c2cc(C(C)(C)C)c(cc2C)OP(OP(O)O)Oc2cc(C)c1cc2C(C)(C)C. The Morgan fingerprint density at radius 1 is 0.630 bits per heavy atom. The molecule has 0 aliphatic carbocycles. The fourth-order valence-electron chi connectivity index (χ4n) is 6.76. The molecule has 0 saturated carbocycles. The van der Waals surface area contributed by atoms with Crippen LogP contribution in [-0.4, -0.2) is 9.79 Å². The molecule has 7 heteroatoms. The predicted molar refractivity (Wildman–Crippen MR) is 197 cm³/mol. The van der Waals surface area contributed by atoms with Crippen molar-refractivity contribution in [3.63, 3.8) is 0 Å². The Morgan fingerprint density at radius 2 is 1.00 bits per heavy atom. The second-order valence-electron chi connectivity index (χ2n) is 15.6. The Bertz CT molecular complexity index is 1140. The van der Waals surface area contributed by atoms with E-state index >= 15 is 0 Å². The molecule has 0 atom stereocenters. The van der Waals surface area contributed by atoms with Gasteiger partial charge in [0.15, 0.2) is 0 Å². The summed E-state index contributed by atoms with van der Waals surface area (Å²) in [6, 6.07) is 8.86. The van der Waals surface area contributed by atoms with Crippen molar-refractivity contribution in [2.45, 2.75) is 175 Å². The lowest BCUT2D eigenvalue weighted by atomic mass is 9.76. The van der Waals surface area contributed by atoms with Crippen LogP contribution >= 0.6 is 17.2 Å². The van der Waals surface area contributed by atoms with Gasteiger partial charge in [0.05, 0.1) is 0 Å². The fraction of sp³-hybridized carbons (Fsp3) is 0.692. The second-order valence-corrected chi connectivity index (χ2v) is 17.6. The van der Waals surface area contributed by atoms with Crippen LogP contribution < -0.4 is 9.05 Å². The van der Waals surface area contributed by atoms with Gasteiger partial charge in [-0.15, -0.1) is 0 Å². The highest BCUT2D eigenvalue weighted by Crippen LogP contribution is 2.55. The molecule has 4 heterocycles. The van der Waals surface area contributed by atoms with Crippen molar-refractivity contribution < 1.29 is 23.1 Å². The second kappa shape index (κ2) is 18.5. The molecule has 0 radical (unpaired) electrons. The molecule has 0 aromatic heterocycles. The van der Waals surface area contributed by atoms with Crippen LogP contribution in [0.2, 0.25) is 0 Å². The molecule has 0 saturated heterocycles. The van der Waals surface area contributed by atoms with Gasteiger partial charge < -0.3 is 18.8 Å². The first-order chi connectivity index (χ1) is 21.7. The van der Waals surface area contributed by atoms with Crippen molar-refractivity contribution >= 4 is 17.2 Å². The van der Waals surface area contributed by atoms with Crippen LogP contribution in [0.3, 0.4) is 0 Å². The van der Waals surface area contributed by atoms with Crippen molar-refractivity contribution in [2.24, 2.45) is 0 Å². The van der Waals surface area contributed by atoms with E-state index in [1.54, 1.807) is 0 Å². The molecule has 0 unspecified atom stereocenters. The molecule has 2 aromatic rings. The molecule has 4 bridgehead atoms. The first-order valence-electron chi connectivity index (χ1n) is 18.0. The largest absolute Gasteiger partial charge is 0.470 e. The number of rotatable bonds is 17. The summed E-state index contributed by atoms with van der Waals surface area (Å²) in [6.45, 7) is 19.8. The first-order valence-corrected chi connectivity index (χ1v) is 20.3. The van der Waals surface area contributed by atoms with Crippen LogP contribution in [0.25, 0.3) is 0 Å². The molecule has 0 fully saturated rings. The molecular formula is C39H64O5P2. The summed E-state index contributed by atoms with van der Waals surface area (Å²) in [5.74, 6) is 1.62. The smallest absolute Gasteiger partial charge is 0.417 e. The van der Waals surface area contributed by atoms with Crippen molar-refractivity contribution in [1.29, 1.82) is 0 Å². The molecular weight excluding hydrogens is 610 g/mol. The zero-order chi connectivity index (χ0) is 33.9. The van der Waals surface area contributed by atoms with Gasteiger partial charge in [-0.2, -0.15) is 0 Å². The molecule has 260 valence electrons. The summed E-state index contributed by atoms with van der Waals surface area (Å²) in [5, 5.41) is 0. The maximum atomic E-state index is 9.81. The average Bonchev–Trinajstić information content (AvgIpc) is 2.94. The third kappa shape index (κ3) is 12.0. The van der Waals surface area contributed by atoms with Crippen LogP contribution in [0.4, 0.5) is 0 Å². The van der Waals surface area contributed by atoms with Crippen LogP contribution in [0, 0.1) is 13.8 Å². The van der Waals surface area contributed by atoms with E-state index in [1.165, 1.54) is 112 Å². The van der Waals surface area contributed by atoms with Crippen molar-refractivity contribution in [2.75, 3.05) is 0 Å². The van der Waals surface area contributed by atoms with E-state index in [1.807, 2.05) is 0 Å². The summed E-state index contributed by atoms with van der Waals surface area (Å²) in [7, 11) is -4.77. The summed E-state index contributed by atoms with van der Waals surface area (Å²) in [4.78, 5) is 19.6. The van der Waals surface area contributed by atoms with Crippen molar-refractivity contribution in [3.05, 3.63) is 57.6 Å². The number of benzene rings is 2. The van der Waals surface area contributed by atoms with Gasteiger partial charge in [-0.3, -0.25) is 0 Å². The van der Waals surface area contributed by atoms with E-state index in [2.05, 4.69) is 86.6 Å². The van der Waals surface area contributed by atoms with Gasteiger partial charge >= 0.3 is 17.2 Å².